The summed E-state index contributed by atoms with van der Waals surface area (Å²) in [5.74, 6) is -4.74. The summed E-state index contributed by atoms with van der Waals surface area (Å²) in [5, 5.41) is 64.6. The molecule has 0 spiro atoms. The van der Waals surface area contributed by atoms with Gasteiger partial charge in [0.15, 0.2) is 23.0 Å². The number of esters is 2. The lowest BCUT2D eigenvalue weighted by Crippen LogP contribution is -2.10. The van der Waals surface area contributed by atoms with Crippen molar-refractivity contribution >= 4 is 33.5 Å². The minimum atomic E-state index is -0.754. The molecule has 0 amide bonds. The maximum Gasteiger partial charge on any atom is 0.308 e. The summed E-state index contributed by atoms with van der Waals surface area (Å²) in [5.41, 5.74) is 1.34. The fourth-order valence-electron chi connectivity index (χ4n) is 5.98. The second-order valence-electron chi connectivity index (χ2n) is 11.3. The van der Waals surface area contributed by atoms with E-state index >= 15 is 0 Å². The molecule has 0 saturated carbocycles. The highest BCUT2D eigenvalue weighted by Gasteiger charge is 2.32. The van der Waals surface area contributed by atoms with E-state index < -0.39 is 34.9 Å². The van der Waals surface area contributed by atoms with Crippen LogP contribution < -0.4 is 9.47 Å². The van der Waals surface area contributed by atoms with Gasteiger partial charge in [-0.05, 0) is 47.6 Å². The number of aryl methyl sites for hydroxylation is 2. The SMILES string of the molecule is CC(=O)Oc1c(-c2c(C)cc3c(C(C)C)c(O)c(O)c(C#N)c3c2OC(C)=O)c(C)cc2c(C(C)C)c(O)c(O)c(C#N)c12. The maximum absolute atomic E-state index is 12.6. The molecule has 4 N–H and O–H groups in total. The normalized spacial score (nSPS) is 11.2. The van der Waals surface area contributed by atoms with E-state index in [4.69, 9.17) is 9.47 Å². The lowest BCUT2D eigenvalue weighted by Gasteiger charge is -2.25. The zero-order valence-electron chi connectivity index (χ0n) is 25.6. The quantitative estimate of drug-likeness (QED) is 0.107. The molecule has 226 valence electrons. The van der Waals surface area contributed by atoms with Crippen LogP contribution in [-0.2, 0) is 9.59 Å². The van der Waals surface area contributed by atoms with Crippen LogP contribution in [0.15, 0.2) is 12.1 Å². The van der Waals surface area contributed by atoms with Gasteiger partial charge in [-0.1, -0.05) is 39.8 Å². The zero-order valence-corrected chi connectivity index (χ0v) is 25.6. The highest BCUT2D eigenvalue weighted by molar-refractivity contribution is 6.10. The number of fused-ring (bicyclic) bond motifs is 2. The summed E-state index contributed by atoms with van der Waals surface area (Å²) < 4.78 is 11.6. The maximum atomic E-state index is 12.6. The standard InChI is InChI=1S/C34H32N2O8/c1-13(2)23-19-9-15(5)25(33(43-17(7)37)27(19)21(11-35)29(39)31(23)41)26-16(6)10-20-24(14(3)4)32(42)30(40)22(12-36)28(20)34(26)44-18(8)38/h9-10,13-14,39-42H,1-8H3. The number of carbonyl (C=O) groups excluding carboxylic acids is 2. The van der Waals surface area contributed by atoms with Gasteiger partial charge in [-0.15, -0.1) is 0 Å². The fraction of sp³-hybridized carbons (Fsp3) is 0.294. The molecule has 0 saturated heterocycles. The van der Waals surface area contributed by atoms with Gasteiger partial charge >= 0.3 is 11.9 Å². The van der Waals surface area contributed by atoms with Gasteiger partial charge in [0, 0.05) is 46.9 Å². The molecular formula is C34H32N2O8. The van der Waals surface area contributed by atoms with Crippen LogP contribution in [0, 0.1) is 36.5 Å². The minimum absolute atomic E-state index is 0.0486. The first-order valence-electron chi connectivity index (χ1n) is 13.9. The van der Waals surface area contributed by atoms with Crippen LogP contribution in [0.4, 0.5) is 0 Å². The molecule has 4 rings (SSSR count). The Morgan fingerprint density at radius 3 is 1.23 bits per heavy atom. The van der Waals surface area contributed by atoms with Crippen LogP contribution in [0.2, 0.25) is 0 Å². The van der Waals surface area contributed by atoms with Gasteiger partial charge in [-0.25, -0.2) is 0 Å². The number of nitriles is 2. The van der Waals surface area contributed by atoms with Crippen LogP contribution in [0.1, 0.15) is 86.8 Å². The van der Waals surface area contributed by atoms with Crippen molar-refractivity contribution in [2.24, 2.45) is 0 Å². The average Bonchev–Trinajstić information content (AvgIpc) is 2.91. The number of benzene rings is 4. The van der Waals surface area contributed by atoms with Crippen molar-refractivity contribution in [2.75, 3.05) is 0 Å². The first-order chi connectivity index (χ1) is 20.6. The molecule has 0 aliphatic heterocycles. The van der Waals surface area contributed by atoms with Gasteiger partial charge in [0.2, 0.25) is 0 Å². The Morgan fingerprint density at radius 1 is 0.659 bits per heavy atom. The van der Waals surface area contributed by atoms with Crippen molar-refractivity contribution in [1.29, 1.82) is 10.5 Å². The Kier molecular flexibility index (Phi) is 8.08. The van der Waals surface area contributed by atoms with E-state index in [1.54, 1.807) is 53.7 Å². The smallest absolute Gasteiger partial charge is 0.308 e. The summed E-state index contributed by atoms with van der Waals surface area (Å²) in [6, 6.07) is 7.17. The highest BCUT2D eigenvalue weighted by atomic mass is 16.5. The number of nitrogens with zero attached hydrogens (tertiary/aromatic N) is 2. The molecular weight excluding hydrogens is 564 g/mol. The lowest BCUT2D eigenvalue weighted by molar-refractivity contribution is -0.132. The summed E-state index contributed by atoms with van der Waals surface area (Å²) >= 11 is 0. The molecule has 4 aromatic carbocycles. The van der Waals surface area contributed by atoms with Crippen molar-refractivity contribution < 1.29 is 39.5 Å². The molecule has 0 radical (unpaired) electrons. The third-order valence-electron chi connectivity index (χ3n) is 7.59. The molecule has 0 unspecified atom stereocenters. The Hall–Kier alpha value is -5.48. The van der Waals surface area contributed by atoms with E-state index in [1.165, 1.54) is 0 Å². The molecule has 4 aromatic rings. The molecule has 44 heavy (non-hydrogen) atoms. The van der Waals surface area contributed by atoms with Crippen LogP contribution in [0.5, 0.6) is 34.5 Å². The zero-order chi connectivity index (χ0) is 32.9. The lowest BCUT2D eigenvalue weighted by atomic mass is 9.83. The number of hydrogen-bond acceptors (Lipinski definition) is 10. The topological polar surface area (TPSA) is 181 Å². The number of aromatic hydroxyl groups is 4. The minimum Gasteiger partial charge on any atom is -0.504 e. The molecule has 0 aliphatic rings. The van der Waals surface area contributed by atoms with E-state index in [1.807, 2.05) is 12.1 Å². The second kappa shape index (κ2) is 11.3. The molecule has 0 bridgehead atoms. The van der Waals surface area contributed by atoms with Crippen molar-refractivity contribution in [1.82, 2.24) is 0 Å². The average molecular weight is 597 g/mol. The van der Waals surface area contributed by atoms with E-state index in [-0.39, 0.29) is 56.4 Å². The Balaban J connectivity index is 2.43. The predicted octanol–water partition coefficient (Wildman–Crippen LogP) is 6.94. The van der Waals surface area contributed by atoms with E-state index in [2.05, 4.69) is 0 Å². The summed E-state index contributed by atoms with van der Waals surface area (Å²) in [6.45, 7) is 12.9. The van der Waals surface area contributed by atoms with Crippen LogP contribution in [0.25, 0.3) is 32.7 Å². The largest absolute Gasteiger partial charge is 0.504 e. The summed E-state index contributed by atoms with van der Waals surface area (Å²) in [7, 11) is 0. The monoisotopic (exact) mass is 596 g/mol. The molecule has 0 heterocycles. The van der Waals surface area contributed by atoms with Gasteiger partial charge in [0.25, 0.3) is 0 Å². The van der Waals surface area contributed by atoms with Gasteiger partial charge in [-0.3, -0.25) is 9.59 Å². The fourth-order valence-corrected chi connectivity index (χ4v) is 5.98. The van der Waals surface area contributed by atoms with Crippen molar-refractivity contribution in [2.45, 2.75) is 67.2 Å². The summed E-state index contributed by atoms with van der Waals surface area (Å²) in [6.07, 6.45) is 0. The predicted molar refractivity (Wildman–Crippen MR) is 163 cm³/mol. The summed E-state index contributed by atoms with van der Waals surface area (Å²) in [4.78, 5) is 25.2. The molecule has 10 nitrogen and oxygen atoms in total. The Morgan fingerprint density at radius 2 is 0.977 bits per heavy atom. The molecule has 0 atom stereocenters. The number of ether oxygens (including phenoxy) is 2. The van der Waals surface area contributed by atoms with Crippen molar-refractivity contribution in [3.05, 3.63) is 45.5 Å². The van der Waals surface area contributed by atoms with Crippen LogP contribution in [0.3, 0.4) is 0 Å². The van der Waals surface area contributed by atoms with Gasteiger partial charge in [0.1, 0.15) is 34.8 Å². The molecule has 0 aromatic heterocycles. The highest BCUT2D eigenvalue weighted by Crippen LogP contribution is 2.55. The van der Waals surface area contributed by atoms with E-state index in [9.17, 15) is 40.5 Å². The molecule has 0 fully saturated rings. The van der Waals surface area contributed by atoms with Crippen LogP contribution in [-0.4, -0.2) is 32.4 Å². The van der Waals surface area contributed by atoms with Gasteiger partial charge in [-0.2, -0.15) is 10.5 Å². The Bertz CT molecular complexity index is 1860. The third kappa shape index (κ3) is 4.75. The number of phenols is 4. The number of hydrogen-bond donors (Lipinski definition) is 4. The number of carbonyl (C=O) groups is 2. The Labute approximate surface area is 253 Å². The van der Waals surface area contributed by atoms with Crippen molar-refractivity contribution in [3.8, 4) is 57.8 Å². The number of rotatable bonds is 5. The first kappa shape index (κ1) is 31.5. The third-order valence-corrected chi connectivity index (χ3v) is 7.59. The molecule has 10 heteroatoms. The van der Waals surface area contributed by atoms with Crippen LogP contribution >= 0.6 is 0 Å². The van der Waals surface area contributed by atoms with Crippen molar-refractivity contribution in [3.63, 3.8) is 0 Å². The van der Waals surface area contributed by atoms with E-state index in [0.717, 1.165) is 13.8 Å². The van der Waals surface area contributed by atoms with Gasteiger partial charge in [0.05, 0.1) is 0 Å². The second-order valence-corrected chi connectivity index (χ2v) is 11.3. The van der Waals surface area contributed by atoms with Gasteiger partial charge < -0.3 is 29.9 Å². The first-order valence-corrected chi connectivity index (χ1v) is 13.9. The van der Waals surface area contributed by atoms with E-state index in [0.29, 0.717) is 33.0 Å². The number of phenolic OH excluding ortho intramolecular Hbond substituents is 4. The molecule has 0 aliphatic carbocycles.